The van der Waals surface area contributed by atoms with E-state index in [-0.39, 0.29) is 5.43 Å². The zero-order valence-corrected chi connectivity index (χ0v) is 19.5. The molecule has 0 spiro atoms. The third-order valence-electron chi connectivity index (χ3n) is 4.08. The van der Waals surface area contributed by atoms with E-state index in [0.717, 1.165) is 0 Å². The fourth-order valence-corrected chi connectivity index (χ4v) is 2.62. The Bertz CT molecular complexity index is 924. The molecule has 0 heterocycles. The van der Waals surface area contributed by atoms with E-state index in [4.69, 9.17) is 0 Å². The fourth-order valence-electron chi connectivity index (χ4n) is 2.62. The second-order valence-electron chi connectivity index (χ2n) is 6.59. The Balaban J connectivity index is 0.000000185. The zero-order chi connectivity index (χ0) is 18.9. The van der Waals surface area contributed by atoms with Crippen molar-refractivity contribution in [2.75, 3.05) is 0 Å². The third-order valence-corrected chi connectivity index (χ3v) is 4.08. The van der Waals surface area contributed by atoms with Gasteiger partial charge in [-0.1, -0.05) is 55.8 Å². The maximum absolute atomic E-state index is 2.31. The Morgan fingerprint density at radius 2 is 1.31 bits per heavy atom. The van der Waals surface area contributed by atoms with Gasteiger partial charge in [0.15, 0.2) is 0 Å². The summed E-state index contributed by atoms with van der Waals surface area (Å²) in [7, 11) is 0. The maximum Gasteiger partial charge on any atom is -0.0623 e. The topological polar surface area (TPSA) is 0 Å². The van der Waals surface area contributed by atoms with E-state index in [9.17, 15) is 0 Å². The molecule has 0 saturated carbocycles. The first-order valence-corrected chi connectivity index (χ1v) is 15.1. The molecule has 0 fully saturated rings. The van der Waals surface area contributed by atoms with Crippen LogP contribution in [0.4, 0.5) is 0 Å². The predicted octanol–water partition coefficient (Wildman–Crippen LogP) is 7.03. The number of fused-ring (bicyclic) bond motifs is 1. The van der Waals surface area contributed by atoms with Crippen LogP contribution in [0.25, 0.3) is 21.9 Å². The fraction of sp³-hybridized carbons (Fsp3) is 0.167. The van der Waals surface area contributed by atoms with E-state index in [1.807, 2.05) is 0 Å². The van der Waals surface area contributed by atoms with Crippen molar-refractivity contribution in [2.24, 2.45) is 0 Å². The van der Waals surface area contributed by atoms with E-state index in [0.29, 0.717) is 0 Å². The summed E-state index contributed by atoms with van der Waals surface area (Å²) in [6.07, 6.45) is 0. The Morgan fingerprint density at radius 3 is 1.85 bits per heavy atom. The Kier molecular flexibility index (Phi) is 8.48. The van der Waals surface area contributed by atoms with Crippen LogP contribution in [0.15, 0.2) is 84.9 Å². The molecular weight excluding hydrogens is 408 g/mol. The van der Waals surface area contributed by atoms with E-state index < -0.39 is 0 Å². The minimum atomic E-state index is 0.210. The van der Waals surface area contributed by atoms with E-state index in [1.54, 1.807) is 23.3 Å². The second kappa shape index (κ2) is 10.6. The molecule has 0 amide bonds. The van der Waals surface area contributed by atoms with Gasteiger partial charge in [-0.15, -0.1) is 46.7 Å². The summed E-state index contributed by atoms with van der Waals surface area (Å²) in [5, 5.41) is 2.65. The molecule has 0 N–H and O–H groups in total. The number of aryl methyl sites for hydroxylation is 2. The normalized spacial score (nSPS) is 9.77. The first kappa shape index (κ1) is 20.8. The van der Waals surface area contributed by atoms with Gasteiger partial charge in [-0.3, -0.25) is 0 Å². The van der Waals surface area contributed by atoms with Gasteiger partial charge in [0.1, 0.15) is 0 Å². The van der Waals surface area contributed by atoms with Gasteiger partial charge >= 0.3 is 41.9 Å². The van der Waals surface area contributed by atoms with Crippen molar-refractivity contribution in [3.63, 3.8) is 0 Å². The van der Waals surface area contributed by atoms with Crippen LogP contribution in [0.5, 0.6) is 0 Å². The molecule has 0 nitrogen and oxygen atoms in total. The van der Waals surface area contributed by atoms with Crippen LogP contribution in [0, 0.1) is 13.8 Å². The van der Waals surface area contributed by atoms with Crippen molar-refractivity contribution >= 4 is 16.2 Å². The first-order chi connectivity index (χ1) is 12.5. The van der Waals surface area contributed by atoms with E-state index >= 15 is 0 Å². The van der Waals surface area contributed by atoms with Gasteiger partial charge in [-0.2, -0.15) is 29.3 Å². The van der Waals surface area contributed by atoms with Crippen LogP contribution < -0.4 is 0 Å². The summed E-state index contributed by atoms with van der Waals surface area (Å²) < 4.78 is 0. The van der Waals surface area contributed by atoms with Crippen LogP contribution in [-0.4, -0.2) is 5.43 Å². The summed E-state index contributed by atoms with van der Waals surface area (Å²) >= 11 is 1.74. The van der Waals surface area contributed by atoms with E-state index in [2.05, 4.69) is 112 Å². The van der Waals surface area contributed by atoms with Gasteiger partial charge in [-0.05, 0) is 0 Å². The van der Waals surface area contributed by atoms with Crippen molar-refractivity contribution in [1.29, 1.82) is 0 Å². The van der Waals surface area contributed by atoms with Crippen molar-refractivity contribution in [2.45, 2.75) is 26.9 Å². The van der Waals surface area contributed by atoms with Crippen molar-refractivity contribution < 1.29 is 23.3 Å². The Morgan fingerprint density at radius 1 is 0.769 bits per heavy atom. The molecule has 0 saturated heterocycles. The standard InChI is InChI=1S/C15H11.C7H9.C2H6Si.Zr/c1-2-6-12(7-3-1)15-11-10-13-8-4-5-9-14(13)15;1-6-4-3-5-7(6)2;1-3-2;/h1-11H;3-5H,1-2H3;1-2H3;/q2*-1;;+2. The molecule has 0 aliphatic rings. The zero-order valence-electron chi connectivity index (χ0n) is 16.1. The van der Waals surface area contributed by atoms with Crippen LogP contribution >= 0.6 is 0 Å². The van der Waals surface area contributed by atoms with Gasteiger partial charge in [-0.25, -0.2) is 0 Å². The summed E-state index contributed by atoms with van der Waals surface area (Å²) in [5.41, 5.74) is 5.60. The van der Waals surface area contributed by atoms with Gasteiger partial charge < -0.3 is 0 Å². The van der Waals surface area contributed by atoms with E-state index in [1.165, 1.54) is 33.0 Å². The first-order valence-electron chi connectivity index (χ1n) is 8.89. The van der Waals surface area contributed by atoms with Crippen LogP contribution in [0.1, 0.15) is 11.1 Å². The van der Waals surface area contributed by atoms with Crippen molar-refractivity contribution in [1.82, 2.24) is 0 Å². The molecule has 0 aliphatic heterocycles. The molecule has 4 aromatic rings. The third kappa shape index (κ3) is 6.34. The molecule has 0 bridgehead atoms. The summed E-state index contributed by atoms with van der Waals surface area (Å²) in [6.45, 7) is 8.86. The molecule has 4 aromatic carbocycles. The molecule has 26 heavy (non-hydrogen) atoms. The summed E-state index contributed by atoms with van der Waals surface area (Å²) in [5.74, 6) is 0. The minimum absolute atomic E-state index is 0.210. The Labute approximate surface area is 173 Å². The largest absolute Gasteiger partial charge is 0.199 e. The van der Waals surface area contributed by atoms with Crippen molar-refractivity contribution in [3.8, 4) is 11.1 Å². The second-order valence-corrected chi connectivity index (χ2v) is 16.0. The van der Waals surface area contributed by atoms with Crippen LogP contribution in [0.2, 0.25) is 13.1 Å². The number of hydrogen-bond donors (Lipinski definition) is 0. The van der Waals surface area contributed by atoms with Crippen molar-refractivity contribution in [3.05, 3.63) is 96.1 Å². The molecule has 2 heteroatoms. The summed E-state index contributed by atoms with van der Waals surface area (Å²) in [6, 6.07) is 29.7. The van der Waals surface area contributed by atoms with Gasteiger partial charge in [0.2, 0.25) is 0 Å². The van der Waals surface area contributed by atoms with Crippen LogP contribution in [0.3, 0.4) is 0 Å². The molecule has 0 atom stereocenters. The molecule has 130 valence electrons. The Hall–Kier alpha value is -1.50. The number of benzene rings is 2. The maximum atomic E-state index is 2.31. The number of rotatable bonds is 1. The molecule has 4 rings (SSSR count). The average molecular weight is 434 g/mol. The van der Waals surface area contributed by atoms with Gasteiger partial charge in [0.05, 0.1) is 0 Å². The average Bonchev–Trinajstić information content (AvgIpc) is 3.22. The SMILES string of the molecule is C[Si](C)=[Zr+2].Cc1c[cH-]cc1C.c1ccc(-c2c[cH-]c3ccccc23)cc1. The number of hydrogen-bond acceptors (Lipinski definition) is 0. The monoisotopic (exact) mass is 432 g/mol. The molecule has 0 aliphatic carbocycles. The quantitative estimate of drug-likeness (QED) is 0.223. The minimum Gasteiger partial charge on any atom is -0.199 e. The van der Waals surface area contributed by atoms with Gasteiger partial charge in [0, 0.05) is 0 Å². The summed E-state index contributed by atoms with van der Waals surface area (Å²) in [4.78, 5) is 0. The molecular formula is C24H26SiZr. The molecule has 0 unspecified atom stereocenters. The molecule has 0 aromatic heterocycles. The molecule has 0 radical (unpaired) electrons. The van der Waals surface area contributed by atoms with Gasteiger partial charge in [0.25, 0.3) is 0 Å². The predicted molar refractivity (Wildman–Crippen MR) is 114 cm³/mol. The smallest absolute Gasteiger partial charge is 0.0623 e. The van der Waals surface area contributed by atoms with Crippen LogP contribution in [-0.2, 0) is 23.3 Å².